The van der Waals surface area contributed by atoms with E-state index in [1.165, 1.54) is 11.8 Å². The molecule has 1 heterocycles. The minimum atomic E-state index is -0.767. The summed E-state index contributed by atoms with van der Waals surface area (Å²) in [6.45, 7) is 3.94. The molecule has 0 radical (unpaired) electrons. The second kappa shape index (κ2) is 12.7. The third kappa shape index (κ3) is 9.17. The van der Waals surface area contributed by atoms with Crippen molar-refractivity contribution in [3.05, 3.63) is 60.1 Å². The zero-order valence-corrected chi connectivity index (χ0v) is 18.1. The van der Waals surface area contributed by atoms with E-state index in [0.29, 0.717) is 12.2 Å². The molecule has 0 aliphatic carbocycles. The lowest BCUT2D eigenvalue weighted by Crippen LogP contribution is -2.48. The lowest BCUT2D eigenvalue weighted by atomic mass is 10.0. The van der Waals surface area contributed by atoms with E-state index in [0.717, 1.165) is 11.3 Å². The summed E-state index contributed by atoms with van der Waals surface area (Å²) in [5, 5.41) is 5.22. The Kier molecular flexibility index (Phi) is 10.00. The minimum absolute atomic E-state index is 0.0840. The highest BCUT2D eigenvalue weighted by Gasteiger charge is 2.23. The first-order chi connectivity index (χ1) is 14.4. The van der Waals surface area contributed by atoms with Crippen molar-refractivity contribution >= 4 is 29.5 Å². The topological polar surface area (TPSA) is 97.6 Å². The summed E-state index contributed by atoms with van der Waals surface area (Å²) in [5.74, 6) is 1.33. The molecule has 1 atom stereocenters. The molecule has 0 fully saturated rings. The molecule has 2 aromatic rings. The van der Waals surface area contributed by atoms with Crippen molar-refractivity contribution in [3.63, 3.8) is 0 Å². The molecule has 1 aromatic heterocycles. The maximum absolute atomic E-state index is 12.5. The van der Waals surface area contributed by atoms with Crippen LogP contribution in [0.25, 0.3) is 0 Å². The first kappa shape index (κ1) is 23.5. The van der Waals surface area contributed by atoms with Gasteiger partial charge in [-0.25, -0.2) is 4.79 Å². The summed E-state index contributed by atoms with van der Waals surface area (Å²) < 4.78 is 10.4. The Balaban J connectivity index is 1.74. The molecule has 7 nitrogen and oxygen atoms in total. The number of thioether (sulfide) groups is 1. The largest absolute Gasteiger partial charge is 0.468 e. The second-order valence-corrected chi connectivity index (χ2v) is 8.20. The number of benzene rings is 1. The van der Waals surface area contributed by atoms with Crippen molar-refractivity contribution in [2.75, 3.05) is 12.3 Å². The standard InChI is InChI=1S/C22H28N2O5S/c1-16(2)11-20(24-22(27)29-13-17-7-4-3-5-8-17)21(26)23-12-18(25)14-30-15-19-9-6-10-28-19/h3-10,16,20H,11-15H2,1-2H3,(H,23,26)(H,24,27)/t20-/m0/s1. The highest BCUT2D eigenvalue weighted by molar-refractivity contribution is 7.99. The van der Waals surface area contributed by atoms with Gasteiger partial charge in [0.2, 0.25) is 5.91 Å². The molecular formula is C22H28N2O5S. The molecule has 0 saturated heterocycles. The first-order valence-electron chi connectivity index (χ1n) is 9.80. The predicted molar refractivity (Wildman–Crippen MR) is 116 cm³/mol. The molecule has 0 saturated carbocycles. The number of carbonyl (C=O) groups excluding carboxylic acids is 3. The van der Waals surface area contributed by atoms with Crippen LogP contribution in [0.4, 0.5) is 4.79 Å². The fraction of sp³-hybridized carbons (Fsp3) is 0.409. The van der Waals surface area contributed by atoms with Crippen LogP contribution in [0.15, 0.2) is 53.1 Å². The van der Waals surface area contributed by atoms with Gasteiger partial charge in [-0.05, 0) is 30.0 Å². The average molecular weight is 433 g/mol. The van der Waals surface area contributed by atoms with Crippen molar-refractivity contribution < 1.29 is 23.5 Å². The number of ether oxygens (including phenoxy) is 1. The Morgan fingerprint density at radius 3 is 2.53 bits per heavy atom. The number of ketones is 1. The van der Waals surface area contributed by atoms with E-state index in [-0.39, 0.29) is 30.6 Å². The van der Waals surface area contributed by atoms with Gasteiger partial charge in [-0.1, -0.05) is 44.2 Å². The number of carbonyl (C=O) groups is 3. The Morgan fingerprint density at radius 2 is 1.87 bits per heavy atom. The molecule has 0 aliphatic heterocycles. The summed E-state index contributed by atoms with van der Waals surface area (Å²) in [5.41, 5.74) is 0.857. The summed E-state index contributed by atoms with van der Waals surface area (Å²) in [7, 11) is 0. The van der Waals surface area contributed by atoms with Gasteiger partial charge in [0.1, 0.15) is 18.4 Å². The molecule has 0 bridgehead atoms. The van der Waals surface area contributed by atoms with Gasteiger partial charge >= 0.3 is 6.09 Å². The van der Waals surface area contributed by atoms with E-state index in [1.54, 1.807) is 12.3 Å². The van der Waals surface area contributed by atoms with Crippen LogP contribution in [0, 0.1) is 5.92 Å². The summed E-state index contributed by atoms with van der Waals surface area (Å²) in [6.07, 6.45) is 1.36. The average Bonchev–Trinajstić information content (AvgIpc) is 3.24. The number of rotatable bonds is 12. The van der Waals surface area contributed by atoms with Crippen LogP contribution in [0.2, 0.25) is 0 Å². The summed E-state index contributed by atoms with van der Waals surface area (Å²) >= 11 is 1.42. The highest BCUT2D eigenvalue weighted by atomic mass is 32.2. The molecule has 0 unspecified atom stereocenters. The van der Waals surface area contributed by atoms with Crippen LogP contribution in [0.5, 0.6) is 0 Å². The number of Topliss-reactive ketones (excluding diaryl/α,β-unsaturated/α-hetero) is 1. The third-order valence-electron chi connectivity index (χ3n) is 4.08. The molecule has 30 heavy (non-hydrogen) atoms. The quantitative estimate of drug-likeness (QED) is 0.532. The monoisotopic (exact) mass is 432 g/mol. The van der Waals surface area contributed by atoms with E-state index in [9.17, 15) is 14.4 Å². The molecule has 2 N–H and O–H groups in total. The van der Waals surface area contributed by atoms with Crippen LogP contribution in [0.1, 0.15) is 31.6 Å². The summed E-state index contributed by atoms with van der Waals surface area (Å²) in [6, 6.07) is 12.2. The van der Waals surface area contributed by atoms with Crippen LogP contribution >= 0.6 is 11.8 Å². The maximum atomic E-state index is 12.5. The molecular weight excluding hydrogens is 404 g/mol. The number of hydrogen-bond donors (Lipinski definition) is 2. The van der Waals surface area contributed by atoms with Crippen molar-refractivity contribution in [2.45, 2.75) is 38.7 Å². The Hall–Kier alpha value is -2.74. The fourth-order valence-electron chi connectivity index (χ4n) is 2.63. The lowest BCUT2D eigenvalue weighted by molar-refractivity contribution is -0.126. The number of hydrogen-bond acceptors (Lipinski definition) is 6. The van der Waals surface area contributed by atoms with Gasteiger partial charge in [0.05, 0.1) is 24.3 Å². The van der Waals surface area contributed by atoms with Crippen LogP contribution in [0.3, 0.4) is 0 Å². The molecule has 8 heteroatoms. The Morgan fingerprint density at radius 1 is 1.10 bits per heavy atom. The maximum Gasteiger partial charge on any atom is 0.408 e. The van der Waals surface area contributed by atoms with Crippen molar-refractivity contribution in [1.29, 1.82) is 0 Å². The van der Waals surface area contributed by atoms with Crippen LogP contribution < -0.4 is 10.6 Å². The fourth-order valence-corrected chi connectivity index (χ4v) is 3.43. The summed E-state index contributed by atoms with van der Waals surface area (Å²) in [4.78, 5) is 36.6. The van der Waals surface area contributed by atoms with E-state index >= 15 is 0 Å². The lowest BCUT2D eigenvalue weighted by Gasteiger charge is -2.20. The van der Waals surface area contributed by atoms with E-state index < -0.39 is 18.0 Å². The molecule has 1 aromatic carbocycles. The molecule has 2 amide bonds. The normalized spacial score (nSPS) is 11.7. The molecule has 0 spiro atoms. The van der Waals surface area contributed by atoms with Gasteiger partial charge in [-0.3, -0.25) is 9.59 Å². The number of amides is 2. The first-order valence-corrected chi connectivity index (χ1v) is 11.0. The number of furan rings is 1. The van der Waals surface area contributed by atoms with E-state index in [4.69, 9.17) is 9.15 Å². The minimum Gasteiger partial charge on any atom is -0.468 e. The van der Waals surface area contributed by atoms with Gasteiger partial charge in [0, 0.05) is 0 Å². The molecule has 0 aliphatic rings. The zero-order chi connectivity index (χ0) is 21.8. The smallest absolute Gasteiger partial charge is 0.408 e. The second-order valence-electron chi connectivity index (χ2n) is 7.22. The van der Waals surface area contributed by atoms with Crippen molar-refractivity contribution in [1.82, 2.24) is 10.6 Å². The molecule has 162 valence electrons. The molecule has 2 rings (SSSR count). The van der Waals surface area contributed by atoms with Gasteiger partial charge in [0.25, 0.3) is 0 Å². The van der Waals surface area contributed by atoms with Gasteiger partial charge < -0.3 is 19.8 Å². The zero-order valence-electron chi connectivity index (χ0n) is 17.3. The highest BCUT2D eigenvalue weighted by Crippen LogP contribution is 2.12. The van der Waals surface area contributed by atoms with Gasteiger partial charge in [-0.2, -0.15) is 0 Å². The third-order valence-corrected chi connectivity index (χ3v) is 5.09. The van der Waals surface area contributed by atoms with Gasteiger partial charge in [0.15, 0.2) is 5.78 Å². The SMILES string of the molecule is CC(C)C[C@H](NC(=O)OCc1ccccc1)C(=O)NCC(=O)CSCc1ccco1. The van der Waals surface area contributed by atoms with Crippen LogP contribution in [-0.4, -0.2) is 36.1 Å². The number of nitrogens with one attached hydrogen (secondary N) is 2. The van der Waals surface area contributed by atoms with Crippen molar-refractivity contribution in [3.8, 4) is 0 Å². The van der Waals surface area contributed by atoms with Gasteiger partial charge in [-0.15, -0.1) is 11.8 Å². The number of alkyl carbamates (subject to hydrolysis) is 1. The van der Waals surface area contributed by atoms with Crippen LogP contribution in [-0.2, 0) is 26.7 Å². The van der Waals surface area contributed by atoms with E-state index in [2.05, 4.69) is 10.6 Å². The van der Waals surface area contributed by atoms with Crippen molar-refractivity contribution in [2.24, 2.45) is 5.92 Å². The Bertz CT molecular complexity index is 793. The Labute approximate surface area is 180 Å². The van der Waals surface area contributed by atoms with E-state index in [1.807, 2.05) is 50.2 Å². The predicted octanol–water partition coefficient (Wildman–Crippen LogP) is 3.54.